The molecule has 0 radical (unpaired) electrons. The summed E-state index contributed by atoms with van der Waals surface area (Å²) >= 11 is 0. The molecule has 4 aromatic carbocycles. The number of carbonyl (C=O) groups is 5. The number of fused-ring (bicyclic) bond motifs is 2. The van der Waals surface area contributed by atoms with E-state index in [1.54, 1.807) is 0 Å². The van der Waals surface area contributed by atoms with E-state index in [0.29, 0.717) is 12.1 Å². The SMILES string of the molecule is Cn1cc(NC(=O)c2cc(NC(=O)Nc3cc(C(=O)Nc4cc(C(=O)Nc5ccc6cc(S(=O)(=O)[O-])cc(S(=O)(=O)[O-])c6c5)n(C)c4)n(C)n3)nn2C)cc1C(=O)Nc1ccc2cc(S(=O)(=O)[O-])cc(S(=O)(=O)[O-])c2c1.[Na+].[Na+].[Na+].[Na+]. The van der Waals surface area contributed by atoms with Crippen LogP contribution in [0.15, 0.2) is 117 Å². The fourth-order valence-electron chi connectivity index (χ4n) is 7.70. The van der Waals surface area contributed by atoms with Crippen LogP contribution < -0.4 is 150 Å². The summed E-state index contributed by atoms with van der Waals surface area (Å²) in [5.74, 6) is -3.17. The summed E-state index contributed by atoms with van der Waals surface area (Å²) in [5, 5.41) is 22.7. The van der Waals surface area contributed by atoms with Crippen molar-refractivity contribution in [2.45, 2.75) is 19.6 Å². The number of rotatable bonds is 14. The maximum absolute atomic E-state index is 13.3. The Morgan fingerprint density at radius 3 is 1.05 bits per heavy atom. The first-order chi connectivity index (χ1) is 35.3. The molecule has 0 aliphatic rings. The molecule has 37 heteroatoms. The van der Waals surface area contributed by atoms with E-state index in [0.717, 1.165) is 33.6 Å². The minimum atomic E-state index is -5.29. The molecule has 4 heterocycles. The van der Waals surface area contributed by atoms with Crippen molar-refractivity contribution >= 4 is 126 Å². The van der Waals surface area contributed by atoms with Gasteiger partial charge in [0.15, 0.2) is 11.6 Å². The predicted octanol–water partition coefficient (Wildman–Crippen LogP) is -9.58. The zero-order chi connectivity index (χ0) is 55.6. The van der Waals surface area contributed by atoms with Crippen LogP contribution in [0.2, 0.25) is 0 Å². The van der Waals surface area contributed by atoms with E-state index < -0.39 is 89.7 Å². The minimum absolute atomic E-state index is 0. The molecule has 0 saturated heterocycles. The number of benzene rings is 4. The summed E-state index contributed by atoms with van der Waals surface area (Å²) < 4.78 is 146. The summed E-state index contributed by atoms with van der Waals surface area (Å²) in [5.41, 5.74) is 0.0805. The number of aromatic nitrogens is 6. The Balaban J connectivity index is 0.00000344. The van der Waals surface area contributed by atoms with E-state index in [4.69, 9.17) is 0 Å². The molecule has 0 fully saturated rings. The van der Waals surface area contributed by atoms with Crippen molar-refractivity contribution in [3.05, 3.63) is 120 Å². The van der Waals surface area contributed by atoms with E-state index in [1.807, 2.05) is 0 Å². The molecule has 6 N–H and O–H groups in total. The molecule has 396 valence electrons. The van der Waals surface area contributed by atoms with Crippen molar-refractivity contribution < 1.29 is 194 Å². The van der Waals surface area contributed by atoms with Crippen LogP contribution in [-0.2, 0) is 68.7 Å². The van der Waals surface area contributed by atoms with Crippen molar-refractivity contribution in [1.29, 1.82) is 0 Å². The first kappa shape index (κ1) is 67.7. The second-order valence-electron chi connectivity index (χ2n) is 16.5. The van der Waals surface area contributed by atoms with E-state index >= 15 is 0 Å². The topological polar surface area (TPSA) is 432 Å². The van der Waals surface area contributed by atoms with Crippen LogP contribution in [0, 0.1) is 0 Å². The van der Waals surface area contributed by atoms with Crippen molar-refractivity contribution in [3.63, 3.8) is 0 Å². The Bertz CT molecular complexity index is 4050. The number of urea groups is 1. The van der Waals surface area contributed by atoms with Crippen LogP contribution in [0.3, 0.4) is 0 Å². The largest absolute Gasteiger partial charge is 1.00 e. The number of hydrogen-bond acceptors (Lipinski definition) is 19. The van der Waals surface area contributed by atoms with Crippen LogP contribution in [0.5, 0.6) is 0 Å². The van der Waals surface area contributed by atoms with Crippen molar-refractivity contribution in [2.24, 2.45) is 28.2 Å². The van der Waals surface area contributed by atoms with Crippen LogP contribution in [-0.4, -0.2) is 110 Å². The number of carbonyl (C=O) groups excluding carboxylic acids is 5. The average molecular weight is 1210 g/mol. The normalized spacial score (nSPS) is 11.5. The summed E-state index contributed by atoms with van der Waals surface area (Å²) in [6.07, 6.45) is 2.78. The number of amides is 6. The number of hydrogen-bond donors (Lipinski definition) is 6. The number of nitrogens with zero attached hydrogens (tertiary/aromatic N) is 6. The van der Waals surface area contributed by atoms with E-state index in [1.165, 1.54) is 98.2 Å². The zero-order valence-electron chi connectivity index (χ0n) is 43.0. The summed E-state index contributed by atoms with van der Waals surface area (Å²) in [6.45, 7) is 0. The van der Waals surface area contributed by atoms with Gasteiger partial charge in [-0.25, -0.2) is 38.5 Å². The first-order valence-corrected chi connectivity index (χ1v) is 26.7. The fourth-order valence-corrected chi connectivity index (χ4v) is 10.3. The summed E-state index contributed by atoms with van der Waals surface area (Å²) in [7, 11) is -15.1. The molecular formula is C43H34N12Na4O17S4. The number of nitrogens with one attached hydrogen (secondary N) is 6. The molecule has 0 spiro atoms. The van der Waals surface area contributed by atoms with E-state index in [-0.39, 0.29) is 197 Å². The van der Waals surface area contributed by atoms with E-state index in [9.17, 15) is 75.9 Å². The van der Waals surface area contributed by atoms with E-state index in [2.05, 4.69) is 42.1 Å². The van der Waals surface area contributed by atoms with Crippen LogP contribution in [0.1, 0.15) is 42.0 Å². The third kappa shape index (κ3) is 15.4. The van der Waals surface area contributed by atoms with Gasteiger partial charge in [-0.2, -0.15) is 10.2 Å². The molecule has 0 aliphatic carbocycles. The van der Waals surface area contributed by atoms with Crippen LogP contribution >= 0.6 is 0 Å². The van der Waals surface area contributed by atoms with Crippen LogP contribution in [0.4, 0.5) is 39.2 Å². The Kier molecular flexibility index (Phi) is 21.8. The summed E-state index contributed by atoms with van der Waals surface area (Å²) in [4.78, 5) is 62.4. The molecule has 0 saturated carbocycles. The standard InChI is InChI=1S/C43H38N12O17S4.4Na/c1-52-19-25(13-31(52)39(56)44-23-7-5-21-9-27(73(61,62)63)15-35(29(21)11-23)75(67,68)69)46-41(58)33-17-37(50-54(33)3)48-43(60)49-38-18-34(55(4)51-38)42(59)47-26-14-32(53(2)20-26)40(57)45-24-8-6-22-10-28(74(64,65)66)16-36(30(22)12-24)76(70,71)72;;;;/h5-20H,1-4H3,(H,44,56)(H,45,57)(H,46,58)(H,47,59)(H,61,62,63)(H,64,65,66)(H,67,68,69)(H,70,71,72)(H2,48,49,50,51,60);;;;/q;4*+1/p-4. The maximum atomic E-state index is 13.3. The van der Waals surface area contributed by atoms with Gasteiger partial charge in [0.25, 0.3) is 23.6 Å². The predicted molar refractivity (Wildman–Crippen MR) is 261 cm³/mol. The molecule has 0 unspecified atom stereocenters. The Hall–Kier alpha value is -4.83. The molecular weight excluding hydrogens is 1180 g/mol. The zero-order valence-corrected chi connectivity index (χ0v) is 54.3. The van der Waals surface area contributed by atoms with Crippen molar-refractivity contribution in [1.82, 2.24) is 28.7 Å². The van der Waals surface area contributed by atoms with Gasteiger partial charge in [-0.05, 0) is 71.4 Å². The van der Waals surface area contributed by atoms with Gasteiger partial charge in [-0.3, -0.25) is 39.2 Å². The minimum Gasteiger partial charge on any atom is -0.744 e. The number of aryl methyl sites for hydroxylation is 4. The molecule has 8 aromatic rings. The van der Waals surface area contributed by atoms with Gasteiger partial charge in [0, 0.05) is 74.9 Å². The van der Waals surface area contributed by atoms with Gasteiger partial charge in [0.05, 0.1) is 31.0 Å². The maximum Gasteiger partial charge on any atom is 1.00 e. The van der Waals surface area contributed by atoms with Gasteiger partial charge >= 0.3 is 124 Å². The molecule has 80 heavy (non-hydrogen) atoms. The third-order valence-electron chi connectivity index (χ3n) is 11.1. The molecule has 8 rings (SSSR count). The molecule has 29 nitrogen and oxygen atoms in total. The summed E-state index contributed by atoms with van der Waals surface area (Å²) in [6, 6.07) is 14.0. The fraction of sp³-hybridized carbons (Fsp3) is 0.0930. The Morgan fingerprint density at radius 1 is 0.400 bits per heavy atom. The Labute approximate surface area is 542 Å². The van der Waals surface area contributed by atoms with Gasteiger partial charge in [0.1, 0.15) is 63.2 Å². The van der Waals surface area contributed by atoms with Gasteiger partial charge in [-0.1, -0.05) is 12.1 Å². The molecule has 0 aliphatic heterocycles. The smallest absolute Gasteiger partial charge is 0.744 e. The first-order valence-electron chi connectivity index (χ1n) is 21.1. The Morgan fingerprint density at radius 2 is 0.725 bits per heavy atom. The van der Waals surface area contributed by atoms with Gasteiger partial charge in [-0.15, -0.1) is 0 Å². The second-order valence-corrected chi connectivity index (χ2v) is 21.9. The van der Waals surface area contributed by atoms with Crippen molar-refractivity contribution in [2.75, 3.05) is 31.9 Å². The second kappa shape index (κ2) is 25.8. The molecule has 4 aromatic heterocycles. The van der Waals surface area contributed by atoms with Crippen LogP contribution in [0.25, 0.3) is 21.5 Å². The van der Waals surface area contributed by atoms with Crippen molar-refractivity contribution in [3.8, 4) is 0 Å². The molecule has 6 amide bonds. The molecule has 0 atom stereocenters. The quantitative estimate of drug-likeness (QED) is 0.0435. The average Bonchev–Trinajstić information content (AvgIpc) is 4.08. The van der Waals surface area contributed by atoms with Gasteiger partial charge < -0.3 is 48.6 Å². The monoisotopic (exact) mass is 1210 g/mol. The third-order valence-corrected chi connectivity index (χ3v) is 14.5. The number of anilines is 6. The van der Waals surface area contributed by atoms with Gasteiger partial charge in [0.2, 0.25) is 0 Å². The molecule has 0 bridgehead atoms.